The molecule has 0 aliphatic rings. The van der Waals surface area contributed by atoms with E-state index >= 15 is 0 Å². The van der Waals surface area contributed by atoms with Crippen LogP contribution in [0.25, 0.3) is 5.57 Å². The van der Waals surface area contributed by atoms with E-state index in [1.54, 1.807) is 18.2 Å². The van der Waals surface area contributed by atoms with Crippen LogP contribution in [-0.4, -0.2) is 6.29 Å². The normalized spacial score (nSPS) is 10.6. The minimum atomic E-state index is 0.608. The molecule has 0 amide bonds. The van der Waals surface area contributed by atoms with Crippen molar-refractivity contribution in [3.8, 4) is 6.07 Å². The number of carbonyl (C=O) groups is 1. The van der Waals surface area contributed by atoms with Crippen molar-refractivity contribution in [3.05, 3.63) is 41.5 Å². The lowest BCUT2D eigenvalue weighted by Gasteiger charge is -1.99. The predicted molar refractivity (Wildman–Crippen MR) is 50.9 cm³/mol. The Morgan fingerprint density at radius 3 is 2.92 bits per heavy atom. The zero-order chi connectivity index (χ0) is 9.68. The summed E-state index contributed by atoms with van der Waals surface area (Å²) in [6.45, 7) is 1.84. The first kappa shape index (κ1) is 9.21. The lowest BCUT2D eigenvalue weighted by atomic mass is 10.1. The molecule has 0 bridgehead atoms. The minimum absolute atomic E-state index is 0.608. The number of hydrogen-bond donors (Lipinski definition) is 0. The number of benzene rings is 1. The van der Waals surface area contributed by atoms with Crippen LogP contribution in [0.15, 0.2) is 30.3 Å². The smallest absolute Gasteiger partial charge is 0.143 e. The summed E-state index contributed by atoms with van der Waals surface area (Å²) >= 11 is 0. The molecule has 1 aromatic rings. The summed E-state index contributed by atoms with van der Waals surface area (Å²) in [6, 6.07) is 9.21. The van der Waals surface area contributed by atoms with Crippen LogP contribution in [0.2, 0.25) is 0 Å². The number of nitrogens with zero attached hydrogens (tertiary/aromatic N) is 1. The number of hydrogen-bond acceptors (Lipinski definition) is 2. The highest BCUT2D eigenvalue weighted by molar-refractivity contribution is 5.80. The fourth-order valence-corrected chi connectivity index (χ4v) is 1.03. The summed E-state index contributed by atoms with van der Waals surface area (Å²) < 4.78 is 0. The lowest BCUT2D eigenvalue weighted by Crippen LogP contribution is -1.82. The van der Waals surface area contributed by atoms with E-state index in [2.05, 4.69) is 0 Å². The first-order chi connectivity index (χ1) is 6.27. The standard InChI is InChI=1S/C11H9NO/c1-9(5-6-13)11-4-2-3-10(7-11)8-12/h2-7H,1H3/b9-5-. The highest BCUT2D eigenvalue weighted by Gasteiger charge is 1.96. The Morgan fingerprint density at radius 2 is 2.31 bits per heavy atom. The molecular weight excluding hydrogens is 162 g/mol. The molecule has 0 aromatic heterocycles. The molecule has 0 fully saturated rings. The molecule has 2 nitrogen and oxygen atoms in total. The molecule has 0 unspecified atom stereocenters. The molecule has 0 spiro atoms. The van der Waals surface area contributed by atoms with Crippen molar-refractivity contribution in [2.75, 3.05) is 0 Å². The van der Waals surface area contributed by atoms with Gasteiger partial charge in [-0.05, 0) is 36.3 Å². The van der Waals surface area contributed by atoms with Crippen molar-refractivity contribution in [2.45, 2.75) is 6.92 Å². The summed E-state index contributed by atoms with van der Waals surface area (Å²) in [5, 5.41) is 8.63. The van der Waals surface area contributed by atoms with Crippen LogP contribution >= 0.6 is 0 Å². The van der Waals surface area contributed by atoms with Gasteiger partial charge in [-0.1, -0.05) is 12.1 Å². The van der Waals surface area contributed by atoms with Crippen molar-refractivity contribution in [3.63, 3.8) is 0 Å². The highest BCUT2D eigenvalue weighted by Crippen LogP contribution is 2.13. The average molecular weight is 171 g/mol. The third kappa shape index (κ3) is 2.28. The fourth-order valence-electron chi connectivity index (χ4n) is 1.03. The Balaban J connectivity index is 3.10. The molecule has 0 atom stereocenters. The van der Waals surface area contributed by atoms with Gasteiger partial charge in [0.1, 0.15) is 6.29 Å². The van der Waals surface area contributed by atoms with Gasteiger partial charge in [-0.15, -0.1) is 0 Å². The first-order valence-electron chi connectivity index (χ1n) is 3.90. The fraction of sp³-hybridized carbons (Fsp3) is 0.0909. The van der Waals surface area contributed by atoms with Crippen molar-refractivity contribution >= 4 is 11.9 Å². The largest absolute Gasteiger partial charge is 0.299 e. The Labute approximate surface area is 77.1 Å². The van der Waals surface area contributed by atoms with Crippen LogP contribution in [0.4, 0.5) is 0 Å². The number of aldehydes is 1. The van der Waals surface area contributed by atoms with Gasteiger partial charge in [0.05, 0.1) is 11.6 Å². The van der Waals surface area contributed by atoms with Gasteiger partial charge in [0.15, 0.2) is 0 Å². The summed E-state index contributed by atoms with van der Waals surface area (Å²) in [4.78, 5) is 10.2. The average Bonchev–Trinajstić information content (AvgIpc) is 2.18. The second-order valence-corrected chi connectivity index (χ2v) is 2.68. The maximum Gasteiger partial charge on any atom is 0.143 e. The van der Waals surface area contributed by atoms with E-state index < -0.39 is 0 Å². The predicted octanol–water partition coefficient (Wildman–Crippen LogP) is 2.16. The van der Waals surface area contributed by atoms with Gasteiger partial charge in [-0.2, -0.15) is 5.26 Å². The molecule has 0 heterocycles. The third-order valence-corrected chi connectivity index (χ3v) is 1.77. The number of rotatable bonds is 2. The molecule has 0 radical (unpaired) electrons. The van der Waals surface area contributed by atoms with Crippen LogP contribution in [0.5, 0.6) is 0 Å². The molecule has 64 valence electrons. The number of allylic oxidation sites excluding steroid dienone is 2. The van der Waals surface area contributed by atoms with Gasteiger partial charge in [-0.3, -0.25) is 4.79 Å². The Kier molecular flexibility index (Phi) is 2.99. The zero-order valence-corrected chi connectivity index (χ0v) is 7.32. The van der Waals surface area contributed by atoms with Crippen LogP contribution in [0.3, 0.4) is 0 Å². The summed E-state index contributed by atoms with van der Waals surface area (Å²) in [5.74, 6) is 0. The second kappa shape index (κ2) is 4.22. The quantitative estimate of drug-likeness (QED) is 0.505. The van der Waals surface area contributed by atoms with Crippen LogP contribution in [-0.2, 0) is 4.79 Å². The SMILES string of the molecule is C/C(=C/C=O)c1cccc(C#N)c1. The minimum Gasteiger partial charge on any atom is -0.299 e. The molecular formula is C11H9NO. The summed E-state index contributed by atoms with van der Waals surface area (Å²) in [5.41, 5.74) is 2.38. The van der Waals surface area contributed by atoms with Crippen LogP contribution in [0.1, 0.15) is 18.1 Å². The molecule has 2 heteroatoms. The zero-order valence-electron chi connectivity index (χ0n) is 7.32. The molecule has 0 saturated heterocycles. The maximum atomic E-state index is 10.2. The van der Waals surface area contributed by atoms with E-state index in [-0.39, 0.29) is 0 Å². The van der Waals surface area contributed by atoms with Crippen LogP contribution < -0.4 is 0 Å². The van der Waals surface area contributed by atoms with Gasteiger partial charge in [0, 0.05) is 0 Å². The van der Waals surface area contributed by atoms with Crippen molar-refractivity contribution < 1.29 is 4.79 Å². The summed E-state index contributed by atoms with van der Waals surface area (Å²) in [7, 11) is 0. The first-order valence-corrected chi connectivity index (χ1v) is 3.90. The van der Waals surface area contributed by atoms with E-state index in [0.717, 1.165) is 17.4 Å². The van der Waals surface area contributed by atoms with Crippen molar-refractivity contribution in [1.29, 1.82) is 5.26 Å². The van der Waals surface area contributed by atoms with Gasteiger partial charge in [-0.25, -0.2) is 0 Å². The highest BCUT2D eigenvalue weighted by atomic mass is 16.1. The number of nitriles is 1. The van der Waals surface area contributed by atoms with Gasteiger partial charge in [0.25, 0.3) is 0 Å². The number of carbonyl (C=O) groups excluding carboxylic acids is 1. The monoisotopic (exact) mass is 171 g/mol. The molecule has 0 aliphatic heterocycles. The van der Waals surface area contributed by atoms with E-state index in [1.807, 2.05) is 19.1 Å². The molecule has 1 rings (SSSR count). The van der Waals surface area contributed by atoms with E-state index in [1.165, 1.54) is 6.08 Å². The van der Waals surface area contributed by atoms with Gasteiger partial charge < -0.3 is 0 Å². The topological polar surface area (TPSA) is 40.9 Å². The van der Waals surface area contributed by atoms with Crippen molar-refractivity contribution in [2.24, 2.45) is 0 Å². The third-order valence-electron chi connectivity index (χ3n) is 1.77. The van der Waals surface area contributed by atoms with E-state index in [9.17, 15) is 4.79 Å². The molecule has 13 heavy (non-hydrogen) atoms. The molecule has 0 saturated carbocycles. The Hall–Kier alpha value is -1.88. The Morgan fingerprint density at radius 1 is 1.54 bits per heavy atom. The molecule has 0 N–H and O–H groups in total. The second-order valence-electron chi connectivity index (χ2n) is 2.68. The molecule has 0 aliphatic carbocycles. The molecule has 1 aromatic carbocycles. The summed E-state index contributed by atoms with van der Waals surface area (Å²) in [6.07, 6.45) is 2.23. The Bertz CT molecular complexity index is 385. The van der Waals surface area contributed by atoms with Gasteiger partial charge in [0.2, 0.25) is 0 Å². The van der Waals surface area contributed by atoms with E-state index in [4.69, 9.17) is 5.26 Å². The lowest BCUT2D eigenvalue weighted by molar-refractivity contribution is -0.104. The maximum absolute atomic E-state index is 10.2. The van der Waals surface area contributed by atoms with Crippen molar-refractivity contribution in [1.82, 2.24) is 0 Å². The van der Waals surface area contributed by atoms with Crippen LogP contribution in [0, 0.1) is 11.3 Å². The van der Waals surface area contributed by atoms with E-state index in [0.29, 0.717) is 5.56 Å². The van der Waals surface area contributed by atoms with Gasteiger partial charge >= 0.3 is 0 Å².